The number of halogens is 1. The lowest BCUT2D eigenvalue weighted by Crippen LogP contribution is -2.12. The number of pyridine rings is 1. The Morgan fingerprint density at radius 2 is 1.86 bits per heavy atom. The molecule has 5 nitrogen and oxygen atoms in total. The molecule has 3 rings (SSSR count). The number of rotatable bonds is 6. The number of hydrogen-bond donors (Lipinski definition) is 1. The van der Waals surface area contributed by atoms with Gasteiger partial charge in [-0.15, -0.1) is 0 Å². The Kier molecular flexibility index (Phi) is 5.82. The van der Waals surface area contributed by atoms with E-state index >= 15 is 0 Å². The Morgan fingerprint density at radius 3 is 2.50 bits per heavy atom. The molecule has 0 aliphatic carbocycles. The van der Waals surface area contributed by atoms with E-state index in [1.807, 2.05) is 24.3 Å². The molecule has 0 aliphatic heterocycles. The van der Waals surface area contributed by atoms with Crippen LogP contribution in [0.25, 0.3) is 22.4 Å². The third kappa shape index (κ3) is 4.40. The highest BCUT2D eigenvalue weighted by Crippen LogP contribution is 2.34. The number of nitrogens with zero attached hydrogens (tertiary/aromatic N) is 1. The molecule has 0 saturated carbocycles. The smallest absolute Gasteiger partial charge is 0.248 e. The summed E-state index contributed by atoms with van der Waals surface area (Å²) in [6.07, 6.45) is 1.67. The highest BCUT2D eigenvalue weighted by Gasteiger charge is 2.17. The van der Waals surface area contributed by atoms with Crippen molar-refractivity contribution >= 4 is 27.3 Å². The van der Waals surface area contributed by atoms with Crippen molar-refractivity contribution in [3.05, 3.63) is 76.9 Å². The van der Waals surface area contributed by atoms with E-state index in [1.54, 1.807) is 43.5 Å². The lowest BCUT2D eigenvalue weighted by molar-refractivity contribution is 0.100. The molecule has 0 radical (unpaired) electrons. The van der Waals surface area contributed by atoms with Crippen molar-refractivity contribution in [2.24, 2.45) is 5.73 Å². The van der Waals surface area contributed by atoms with Crippen LogP contribution in [0.3, 0.4) is 0 Å². The van der Waals surface area contributed by atoms with Crippen molar-refractivity contribution in [3.8, 4) is 22.4 Å². The Balaban J connectivity index is 2.19. The summed E-state index contributed by atoms with van der Waals surface area (Å²) in [5.74, 6) is -0.673. The van der Waals surface area contributed by atoms with Crippen LogP contribution in [0, 0.1) is 0 Å². The van der Waals surface area contributed by atoms with Crippen molar-refractivity contribution in [1.29, 1.82) is 0 Å². The van der Waals surface area contributed by atoms with E-state index in [1.165, 1.54) is 0 Å². The van der Waals surface area contributed by atoms with Gasteiger partial charge in [0.25, 0.3) is 0 Å². The Labute approximate surface area is 169 Å². The van der Waals surface area contributed by atoms with Crippen LogP contribution in [0.2, 0.25) is 5.02 Å². The van der Waals surface area contributed by atoms with Gasteiger partial charge in [0.2, 0.25) is 5.91 Å². The summed E-state index contributed by atoms with van der Waals surface area (Å²) in [5.41, 5.74) is 9.10. The van der Waals surface area contributed by atoms with E-state index in [0.717, 1.165) is 5.56 Å². The molecule has 0 saturated heterocycles. The number of nitrogens with two attached hydrogens (primary N) is 1. The monoisotopic (exact) mass is 414 g/mol. The van der Waals surface area contributed by atoms with Crippen LogP contribution in [-0.2, 0) is 15.6 Å². The topological polar surface area (TPSA) is 90.1 Å². The molecule has 0 fully saturated rings. The van der Waals surface area contributed by atoms with Crippen molar-refractivity contribution < 1.29 is 13.2 Å². The van der Waals surface area contributed by atoms with Gasteiger partial charge in [0.15, 0.2) is 9.84 Å². The van der Waals surface area contributed by atoms with Gasteiger partial charge in [0, 0.05) is 28.1 Å². The van der Waals surface area contributed by atoms with E-state index in [0.29, 0.717) is 33.0 Å². The van der Waals surface area contributed by atoms with Crippen LogP contribution in [0.1, 0.15) is 22.8 Å². The van der Waals surface area contributed by atoms with Gasteiger partial charge in [0.1, 0.15) is 0 Å². The second-order valence-electron chi connectivity index (χ2n) is 6.32. The molecule has 7 heteroatoms. The number of primary amides is 1. The van der Waals surface area contributed by atoms with Gasteiger partial charge in [-0.2, -0.15) is 0 Å². The first-order chi connectivity index (χ1) is 13.3. The van der Waals surface area contributed by atoms with E-state index in [4.69, 9.17) is 17.3 Å². The lowest BCUT2D eigenvalue weighted by atomic mass is 9.95. The average Bonchev–Trinajstić information content (AvgIpc) is 2.69. The van der Waals surface area contributed by atoms with Crippen LogP contribution in [-0.4, -0.2) is 25.1 Å². The van der Waals surface area contributed by atoms with E-state index in [9.17, 15) is 13.2 Å². The molecular weight excluding hydrogens is 396 g/mol. The van der Waals surface area contributed by atoms with Crippen LogP contribution in [0.15, 0.2) is 60.8 Å². The molecule has 2 aromatic carbocycles. The van der Waals surface area contributed by atoms with E-state index < -0.39 is 15.7 Å². The number of carbonyl (C=O) groups is 1. The molecule has 0 bridgehead atoms. The maximum atomic E-state index is 12.2. The van der Waals surface area contributed by atoms with E-state index in [-0.39, 0.29) is 11.5 Å². The second-order valence-corrected chi connectivity index (χ2v) is 9.08. The molecule has 0 atom stereocenters. The molecule has 0 unspecified atom stereocenters. The fourth-order valence-electron chi connectivity index (χ4n) is 2.87. The number of amides is 1. The number of carbonyl (C=O) groups excluding carboxylic acids is 1. The summed E-state index contributed by atoms with van der Waals surface area (Å²) in [5, 5.41) is 0.524. The zero-order chi connectivity index (χ0) is 20.3. The van der Waals surface area contributed by atoms with Crippen LogP contribution >= 0.6 is 11.6 Å². The maximum absolute atomic E-state index is 12.2. The standard InChI is InChI=1S/C21H19ClN2O3S/c1-2-28(26,27)13-16-7-6-15(21(23)25)12-17(16)14-8-9-19(22)18(11-14)20-5-3-4-10-24-20/h3-12H,2,13H2,1H3,(H2,23,25). The summed E-state index contributed by atoms with van der Waals surface area (Å²) in [4.78, 5) is 16.0. The van der Waals surface area contributed by atoms with Crippen LogP contribution in [0.4, 0.5) is 0 Å². The first-order valence-corrected chi connectivity index (χ1v) is 10.8. The highest BCUT2D eigenvalue weighted by atomic mass is 35.5. The molecule has 1 aromatic heterocycles. The Morgan fingerprint density at radius 1 is 1.07 bits per heavy atom. The quantitative estimate of drug-likeness (QED) is 0.657. The first-order valence-electron chi connectivity index (χ1n) is 8.65. The molecule has 1 heterocycles. The number of benzene rings is 2. The zero-order valence-corrected chi connectivity index (χ0v) is 16.8. The van der Waals surface area contributed by atoms with Gasteiger partial charge in [-0.05, 0) is 53.1 Å². The normalized spacial score (nSPS) is 11.4. The lowest BCUT2D eigenvalue weighted by Gasteiger charge is -2.13. The highest BCUT2D eigenvalue weighted by molar-refractivity contribution is 7.90. The van der Waals surface area contributed by atoms with Crippen molar-refractivity contribution in [2.45, 2.75) is 12.7 Å². The predicted molar refractivity (Wildman–Crippen MR) is 112 cm³/mol. The predicted octanol–water partition coefficient (Wildman–Crippen LogP) is 4.10. The van der Waals surface area contributed by atoms with Gasteiger partial charge >= 0.3 is 0 Å². The minimum Gasteiger partial charge on any atom is -0.366 e. The molecule has 3 aromatic rings. The minimum absolute atomic E-state index is 0.0316. The molecular formula is C21H19ClN2O3S. The summed E-state index contributed by atoms with van der Waals surface area (Å²) < 4.78 is 24.4. The average molecular weight is 415 g/mol. The van der Waals surface area contributed by atoms with Crippen LogP contribution in [0.5, 0.6) is 0 Å². The van der Waals surface area contributed by atoms with Gasteiger partial charge in [-0.1, -0.05) is 36.7 Å². The first kappa shape index (κ1) is 20.0. The Hall–Kier alpha value is -2.70. The van der Waals surface area contributed by atoms with Gasteiger partial charge in [-0.3, -0.25) is 9.78 Å². The zero-order valence-electron chi connectivity index (χ0n) is 15.2. The van der Waals surface area contributed by atoms with Gasteiger partial charge in [-0.25, -0.2) is 8.42 Å². The number of sulfone groups is 1. The molecule has 144 valence electrons. The number of aromatic nitrogens is 1. The van der Waals surface area contributed by atoms with Crippen molar-refractivity contribution in [2.75, 3.05) is 5.75 Å². The third-order valence-electron chi connectivity index (χ3n) is 4.43. The summed E-state index contributed by atoms with van der Waals surface area (Å²) >= 11 is 6.36. The van der Waals surface area contributed by atoms with E-state index in [2.05, 4.69) is 4.98 Å². The number of hydrogen-bond acceptors (Lipinski definition) is 4. The Bertz CT molecular complexity index is 1130. The van der Waals surface area contributed by atoms with Gasteiger partial charge in [0.05, 0.1) is 11.4 Å². The molecule has 1 amide bonds. The van der Waals surface area contributed by atoms with Crippen molar-refractivity contribution in [1.82, 2.24) is 4.98 Å². The minimum atomic E-state index is -3.26. The third-order valence-corrected chi connectivity index (χ3v) is 6.39. The largest absolute Gasteiger partial charge is 0.366 e. The molecule has 28 heavy (non-hydrogen) atoms. The second kappa shape index (κ2) is 8.12. The van der Waals surface area contributed by atoms with Crippen LogP contribution < -0.4 is 5.73 Å². The molecule has 2 N–H and O–H groups in total. The van der Waals surface area contributed by atoms with Crippen molar-refractivity contribution in [3.63, 3.8) is 0 Å². The molecule has 0 spiro atoms. The summed E-state index contributed by atoms with van der Waals surface area (Å²) in [7, 11) is -3.26. The fraction of sp³-hybridized carbons (Fsp3) is 0.143. The fourth-order valence-corrected chi connectivity index (χ4v) is 4.02. The maximum Gasteiger partial charge on any atom is 0.248 e. The van der Waals surface area contributed by atoms with Gasteiger partial charge < -0.3 is 5.73 Å². The SMILES string of the molecule is CCS(=O)(=O)Cc1ccc(C(N)=O)cc1-c1ccc(Cl)c(-c2ccccn2)c1. The molecule has 0 aliphatic rings. The summed E-state index contributed by atoms with van der Waals surface area (Å²) in [6, 6.07) is 15.7. The summed E-state index contributed by atoms with van der Waals surface area (Å²) in [6.45, 7) is 1.61.